The van der Waals surface area contributed by atoms with Crippen LogP contribution in [-0.4, -0.2) is 34.9 Å². The van der Waals surface area contributed by atoms with Gasteiger partial charge >= 0.3 is 0 Å². The minimum Gasteiger partial charge on any atom is -0.493 e. The number of nitrogens with zero attached hydrogens (tertiary/aromatic N) is 3. The maximum atomic E-state index is 12.4. The molecule has 0 spiro atoms. The maximum absolute atomic E-state index is 12.4. The summed E-state index contributed by atoms with van der Waals surface area (Å²) in [6.07, 6.45) is 13.7. The normalized spacial score (nSPS) is 30.6. The summed E-state index contributed by atoms with van der Waals surface area (Å²) >= 11 is 0. The molecule has 2 bridgehead atoms. The summed E-state index contributed by atoms with van der Waals surface area (Å²) in [6, 6.07) is 1.95. The van der Waals surface area contributed by atoms with Crippen molar-refractivity contribution >= 4 is 21.6 Å². The summed E-state index contributed by atoms with van der Waals surface area (Å²) in [5, 5.41) is 8.07. The van der Waals surface area contributed by atoms with Crippen molar-refractivity contribution in [3.63, 3.8) is 0 Å². The van der Waals surface area contributed by atoms with Crippen LogP contribution in [0.5, 0.6) is 5.75 Å². The van der Waals surface area contributed by atoms with Gasteiger partial charge in [0.1, 0.15) is 5.75 Å². The van der Waals surface area contributed by atoms with Crippen LogP contribution in [0.25, 0.3) is 5.65 Å². The first-order valence-electron chi connectivity index (χ1n) is 12.0. The van der Waals surface area contributed by atoms with E-state index in [0.717, 1.165) is 55.4 Å². The Hall–Kier alpha value is -1.83. The highest BCUT2D eigenvalue weighted by Gasteiger charge is 2.43. The number of hydrogen-bond donors (Lipinski definition) is 1. The van der Waals surface area contributed by atoms with E-state index in [9.17, 15) is 8.42 Å². The van der Waals surface area contributed by atoms with Crippen molar-refractivity contribution in [1.82, 2.24) is 14.6 Å². The number of hydrogen-bond acceptors (Lipinski definition) is 5. The largest absolute Gasteiger partial charge is 0.493 e. The molecule has 4 fully saturated rings. The summed E-state index contributed by atoms with van der Waals surface area (Å²) in [5.41, 5.74) is 2.07. The van der Waals surface area contributed by atoms with Crippen LogP contribution < -0.4 is 9.46 Å². The summed E-state index contributed by atoms with van der Waals surface area (Å²) in [5.74, 6) is 3.43. The van der Waals surface area contributed by atoms with Crippen LogP contribution >= 0.6 is 0 Å². The second-order valence-corrected chi connectivity index (χ2v) is 12.5. The number of aromatic nitrogens is 3. The van der Waals surface area contributed by atoms with E-state index in [1.807, 2.05) is 12.3 Å². The Morgan fingerprint density at radius 3 is 2.52 bits per heavy atom. The van der Waals surface area contributed by atoms with Gasteiger partial charge in [0.15, 0.2) is 5.65 Å². The first-order chi connectivity index (χ1) is 14.9. The number of ether oxygens (including phenoxy) is 1. The second-order valence-electron chi connectivity index (χ2n) is 10.6. The Kier molecular flexibility index (Phi) is 4.53. The molecule has 8 heteroatoms. The zero-order valence-corrected chi connectivity index (χ0v) is 19.0. The standard InChI is InChI=1S/C23H32N4O3S/c1-2-23(11-15-3-4-16(9-15)12-23)14-30-20-10-21-24-25-22(26-31(28,29)18-7-8-18)27(21)13-19(20)17-5-6-17/h10,13,15-18H,2-9,11-12,14H2,1H3,(H,25,26). The van der Waals surface area contributed by atoms with Crippen LogP contribution in [-0.2, 0) is 10.0 Å². The summed E-state index contributed by atoms with van der Waals surface area (Å²) in [6.45, 7) is 3.08. The molecule has 2 atom stereocenters. The predicted octanol–water partition coefficient (Wildman–Crippen LogP) is 4.50. The lowest BCUT2D eigenvalue weighted by atomic mass is 9.68. The Morgan fingerprint density at radius 2 is 1.87 bits per heavy atom. The predicted molar refractivity (Wildman–Crippen MR) is 119 cm³/mol. The quantitative estimate of drug-likeness (QED) is 0.648. The first kappa shape index (κ1) is 19.8. The van der Waals surface area contributed by atoms with Gasteiger partial charge in [0, 0.05) is 23.2 Å². The van der Waals surface area contributed by atoms with Crippen LogP contribution in [0.4, 0.5) is 5.95 Å². The Bertz CT molecular complexity index is 1090. The molecule has 0 radical (unpaired) electrons. The van der Waals surface area contributed by atoms with Crippen molar-refractivity contribution in [2.45, 2.75) is 82.3 Å². The molecule has 2 unspecified atom stereocenters. The number of nitrogens with one attached hydrogen (secondary N) is 1. The second kappa shape index (κ2) is 7.09. The highest BCUT2D eigenvalue weighted by Crippen LogP contribution is 2.53. The third-order valence-electron chi connectivity index (χ3n) is 8.13. The molecule has 4 aliphatic carbocycles. The molecule has 6 rings (SSSR count). The minimum absolute atomic E-state index is 0.282. The van der Waals surface area contributed by atoms with E-state index in [1.54, 1.807) is 4.40 Å². The molecular formula is C23H32N4O3S. The van der Waals surface area contributed by atoms with E-state index in [-0.39, 0.29) is 16.6 Å². The van der Waals surface area contributed by atoms with Gasteiger partial charge in [-0.2, -0.15) is 0 Å². The summed E-state index contributed by atoms with van der Waals surface area (Å²) in [4.78, 5) is 0. The fourth-order valence-electron chi connectivity index (χ4n) is 6.01. The van der Waals surface area contributed by atoms with Crippen LogP contribution in [0.15, 0.2) is 12.3 Å². The van der Waals surface area contributed by atoms with Crippen LogP contribution in [0.2, 0.25) is 0 Å². The van der Waals surface area contributed by atoms with Crippen LogP contribution in [0, 0.1) is 17.3 Å². The van der Waals surface area contributed by atoms with Gasteiger partial charge in [-0.1, -0.05) is 19.8 Å². The van der Waals surface area contributed by atoms with E-state index in [0.29, 0.717) is 11.6 Å². The first-order valence-corrected chi connectivity index (χ1v) is 13.5. The number of fused-ring (bicyclic) bond motifs is 3. The van der Waals surface area contributed by atoms with E-state index < -0.39 is 10.0 Å². The van der Waals surface area contributed by atoms with E-state index in [2.05, 4.69) is 21.8 Å². The van der Waals surface area contributed by atoms with Gasteiger partial charge in [0.25, 0.3) is 0 Å². The lowest BCUT2D eigenvalue weighted by molar-refractivity contribution is 0.0594. The molecule has 7 nitrogen and oxygen atoms in total. The summed E-state index contributed by atoms with van der Waals surface area (Å²) in [7, 11) is -3.37. The number of sulfonamides is 1. The molecule has 0 amide bonds. The zero-order chi connectivity index (χ0) is 21.2. The average molecular weight is 445 g/mol. The fraction of sp³-hybridized carbons (Fsp3) is 0.739. The van der Waals surface area contributed by atoms with E-state index >= 15 is 0 Å². The number of rotatable bonds is 8. The van der Waals surface area contributed by atoms with Gasteiger partial charge in [-0.3, -0.25) is 9.12 Å². The molecule has 2 aromatic rings. The minimum atomic E-state index is -3.37. The Balaban J connectivity index is 1.27. The molecule has 4 aliphatic rings. The molecule has 4 saturated carbocycles. The van der Waals surface area contributed by atoms with Crippen LogP contribution in [0.3, 0.4) is 0 Å². The van der Waals surface area contributed by atoms with Gasteiger partial charge in [0.2, 0.25) is 16.0 Å². The van der Waals surface area contributed by atoms with Gasteiger partial charge < -0.3 is 4.74 Å². The van der Waals surface area contributed by atoms with Crippen molar-refractivity contribution < 1.29 is 13.2 Å². The fourth-order valence-corrected chi connectivity index (χ4v) is 7.33. The van der Waals surface area contributed by atoms with Crippen molar-refractivity contribution in [2.24, 2.45) is 17.3 Å². The zero-order valence-electron chi connectivity index (χ0n) is 18.2. The average Bonchev–Trinajstić information content (AvgIpc) is 3.68. The smallest absolute Gasteiger partial charge is 0.242 e. The molecule has 1 N–H and O–H groups in total. The molecule has 2 aromatic heterocycles. The highest BCUT2D eigenvalue weighted by molar-refractivity contribution is 7.93. The van der Waals surface area contributed by atoms with Crippen molar-refractivity contribution in [3.05, 3.63) is 17.8 Å². The molecule has 0 aromatic carbocycles. The number of pyridine rings is 1. The third-order valence-corrected chi connectivity index (χ3v) is 9.94. The van der Waals surface area contributed by atoms with Gasteiger partial charge in [-0.25, -0.2) is 8.42 Å². The molecule has 31 heavy (non-hydrogen) atoms. The highest BCUT2D eigenvalue weighted by atomic mass is 32.2. The van der Waals surface area contributed by atoms with Gasteiger partial charge in [-0.15, -0.1) is 10.2 Å². The van der Waals surface area contributed by atoms with Crippen molar-refractivity contribution in [2.75, 3.05) is 11.3 Å². The molecular weight excluding hydrogens is 412 g/mol. The van der Waals surface area contributed by atoms with Crippen LogP contribution in [0.1, 0.15) is 82.6 Å². The van der Waals surface area contributed by atoms with E-state index in [4.69, 9.17) is 4.74 Å². The molecule has 2 heterocycles. The summed E-state index contributed by atoms with van der Waals surface area (Å²) < 4.78 is 35.7. The van der Waals surface area contributed by atoms with Gasteiger partial charge in [0.05, 0.1) is 11.9 Å². The monoisotopic (exact) mass is 444 g/mol. The Morgan fingerprint density at radius 1 is 1.13 bits per heavy atom. The SMILES string of the molecule is CCC1(COc2cc3nnc(NS(=O)(=O)C4CC4)n3cc2C2CC2)CC2CCC(C2)C1. The van der Waals surface area contributed by atoms with Crippen molar-refractivity contribution in [1.29, 1.82) is 0 Å². The maximum Gasteiger partial charge on any atom is 0.242 e. The topological polar surface area (TPSA) is 85.6 Å². The molecule has 0 aliphatic heterocycles. The third kappa shape index (κ3) is 3.70. The number of anilines is 1. The van der Waals surface area contributed by atoms with Gasteiger partial charge in [-0.05, 0) is 69.1 Å². The lowest BCUT2D eigenvalue weighted by Gasteiger charge is -2.40. The lowest BCUT2D eigenvalue weighted by Crippen LogP contribution is -2.34. The molecule has 0 saturated heterocycles. The molecule has 168 valence electrons. The van der Waals surface area contributed by atoms with Crippen molar-refractivity contribution in [3.8, 4) is 5.75 Å². The van der Waals surface area contributed by atoms with E-state index in [1.165, 1.54) is 38.5 Å². The Labute approximate surface area is 184 Å².